The Bertz CT molecular complexity index is 770. The highest BCUT2D eigenvalue weighted by Crippen LogP contribution is 2.28. The molecule has 0 aliphatic rings. The molecule has 1 N–H and O–H groups in total. The summed E-state index contributed by atoms with van der Waals surface area (Å²) < 4.78 is 32.8. The fraction of sp³-hybridized carbons (Fsp3) is 0.267. The first-order valence-corrected chi connectivity index (χ1v) is 7.92. The Labute approximate surface area is 125 Å². The van der Waals surface area contributed by atoms with Crippen molar-refractivity contribution in [3.05, 3.63) is 47.3 Å². The summed E-state index contributed by atoms with van der Waals surface area (Å²) in [6.07, 6.45) is 1.56. The van der Waals surface area contributed by atoms with Crippen LogP contribution in [-0.4, -0.2) is 20.5 Å². The number of nitrogens with one attached hydrogen (secondary N) is 1. The van der Waals surface area contributed by atoms with E-state index in [2.05, 4.69) is 9.71 Å². The van der Waals surface area contributed by atoms with Crippen LogP contribution in [0.2, 0.25) is 0 Å². The van der Waals surface area contributed by atoms with Gasteiger partial charge in [-0.1, -0.05) is 0 Å². The lowest BCUT2D eigenvalue weighted by molar-refractivity contribution is 0.402. The molecule has 0 radical (unpaired) electrons. The predicted molar refractivity (Wildman–Crippen MR) is 82.3 cm³/mol. The molecule has 0 spiro atoms. The average Bonchev–Trinajstić information content (AvgIpc) is 2.40. The summed E-state index contributed by atoms with van der Waals surface area (Å²) in [5.74, 6) is 0.330. The van der Waals surface area contributed by atoms with Gasteiger partial charge >= 0.3 is 0 Å². The van der Waals surface area contributed by atoms with Crippen molar-refractivity contribution in [1.29, 1.82) is 0 Å². The van der Waals surface area contributed by atoms with Gasteiger partial charge in [-0.2, -0.15) is 0 Å². The summed E-state index contributed by atoms with van der Waals surface area (Å²) in [5, 5.41) is 0. The smallest absolute Gasteiger partial charge is 0.265 e. The van der Waals surface area contributed by atoms with Gasteiger partial charge in [-0.25, -0.2) is 8.42 Å². The molecule has 0 saturated carbocycles. The first-order chi connectivity index (χ1) is 9.83. The fourth-order valence-corrected chi connectivity index (χ4v) is 3.24. The Kier molecular flexibility index (Phi) is 4.18. The van der Waals surface area contributed by atoms with Gasteiger partial charge in [0.05, 0.1) is 12.8 Å². The van der Waals surface area contributed by atoms with Crippen LogP contribution in [0.25, 0.3) is 0 Å². The molecule has 0 atom stereocenters. The average molecular weight is 306 g/mol. The second kappa shape index (κ2) is 5.73. The third kappa shape index (κ3) is 3.33. The van der Waals surface area contributed by atoms with Crippen LogP contribution in [0.1, 0.15) is 16.8 Å². The quantitative estimate of drug-likeness (QED) is 0.943. The van der Waals surface area contributed by atoms with E-state index in [9.17, 15) is 8.42 Å². The molecule has 0 aliphatic heterocycles. The summed E-state index contributed by atoms with van der Waals surface area (Å²) in [4.78, 5) is 4.17. The highest BCUT2D eigenvalue weighted by atomic mass is 32.2. The molecule has 5 nitrogen and oxygen atoms in total. The van der Waals surface area contributed by atoms with Crippen LogP contribution in [0, 0.1) is 20.8 Å². The van der Waals surface area contributed by atoms with Gasteiger partial charge in [-0.15, -0.1) is 0 Å². The van der Waals surface area contributed by atoms with Crippen LogP contribution < -0.4 is 9.46 Å². The third-order valence-electron chi connectivity index (χ3n) is 3.22. The molecule has 0 aliphatic carbocycles. The first kappa shape index (κ1) is 15.3. The lowest BCUT2D eigenvalue weighted by atomic mass is 10.1. The maximum atomic E-state index is 12.5. The Morgan fingerprint density at radius 2 is 1.76 bits per heavy atom. The van der Waals surface area contributed by atoms with E-state index in [1.165, 1.54) is 7.11 Å². The Morgan fingerprint density at radius 3 is 2.38 bits per heavy atom. The fourth-order valence-electron chi connectivity index (χ4n) is 1.95. The zero-order valence-corrected chi connectivity index (χ0v) is 13.3. The number of sulfonamides is 1. The highest BCUT2D eigenvalue weighted by Gasteiger charge is 2.20. The van der Waals surface area contributed by atoms with Gasteiger partial charge in [-0.05, 0) is 56.2 Å². The molecular formula is C15H18N2O3S. The Morgan fingerprint density at radius 1 is 1.10 bits per heavy atom. The summed E-state index contributed by atoms with van der Waals surface area (Å²) in [5.41, 5.74) is 3.08. The van der Waals surface area contributed by atoms with Gasteiger partial charge in [-0.3, -0.25) is 9.71 Å². The number of hydrogen-bond acceptors (Lipinski definition) is 4. The molecule has 2 rings (SSSR count). The van der Waals surface area contributed by atoms with Crippen LogP contribution >= 0.6 is 0 Å². The Hall–Kier alpha value is -2.08. The van der Waals surface area contributed by atoms with Crippen LogP contribution in [0.3, 0.4) is 0 Å². The van der Waals surface area contributed by atoms with Crippen molar-refractivity contribution in [2.75, 3.05) is 11.8 Å². The zero-order valence-electron chi connectivity index (χ0n) is 12.5. The van der Waals surface area contributed by atoms with Gasteiger partial charge in [0.25, 0.3) is 10.0 Å². The number of benzene rings is 1. The van der Waals surface area contributed by atoms with Gasteiger partial charge in [0.1, 0.15) is 10.6 Å². The summed E-state index contributed by atoms with van der Waals surface area (Å²) in [6.45, 7) is 5.58. The molecule has 0 fully saturated rings. The molecule has 0 unspecified atom stereocenters. The molecular weight excluding hydrogens is 288 g/mol. The summed E-state index contributed by atoms with van der Waals surface area (Å²) in [6, 6.07) is 6.62. The lowest BCUT2D eigenvalue weighted by Crippen LogP contribution is -2.14. The number of nitrogens with zero attached hydrogens (tertiary/aromatic N) is 1. The number of aryl methyl sites for hydroxylation is 3. The number of anilines is 1. The maximum Gasteiger partial charge on any atom is 0.265 e. The van der Waals surface area contributed by atoms with Gasteiger partial charge in [0.15, 0.2) is 0 Å². The minimum atomic E-state index is -3.71. The normalized spacial score (nSPS) is 11.2. The first-order valence-electron chi connectivity index (χ1n) is 6.44. The van der Waals surface area contributed by atoms with E-state index in [0.29, 0.717) is 11.4 Å². The van der Waals surface area contributed by atoms with Gasteiger partial charge in [0, 0.05) is 11.9 Å². The van der Waals surface area contributed by atoms with E-state index >= 15 is 0 Å². The number of methoxy groups -OCH3 is 1. The van der Waals surface area contributed by atoms with Crippen molar-refractivity contribution >= 4 is 15.7 Å². The highest BCUT2D eigenvalue weighted by molar-refractivity contribution is 7.92. The SMILES string of the molecule is COc1cc(C)c(C)cc1S(=O)(=O)Nc1ccnc(C)c1. The van der Waals surface area contributed by atoms with Crippen molar-refractivity contribution < 1.29 is 13.2 Å². The second-order valence-electron chi connectivity index (χ2n) is 4.88. The predicted octanol–water partition coefficient (Wildman–Crippen LogP) is 2.82. The number of aromatic nitrogens is 1. The molecule has 1 aromatic carbocycles. The van der Waals surface area contributed by atoms with Crippen molar-refractivity contribution in [3.8, 4) is 5.75 Å². The second-order valence-corrected chi connectivity index (χ2v) is 6.53. The van der Waals surface area contributed by atoms with Crippen LogP contribution in [0.4, 0.5) is 5.69 Å². The molecule has 1 aromatic heterocycles. The standard InChI is InChI=1S/C15H18N2O3S/c1-10-7-14(20-4)15(8-11(10)2)21(18,19)17-13-5-6-16-12(3)9-13/h5-9H,1-4H3,(H,16,17). The lowest BCUT2D eigenvalue weighted by Gasteiger charge is -2.14. The Balaban J connectivity index is 2.47. The third-order valence-corrected chi connectivity index (χ3v) is 4.62. The van der Waals surface area contributed by atoms with E-state index in [4.69, 9.17) is 4.74 Å². The van der Waals surface area contributed by atoms with E-state index < -0.39 is 10.0 Å². The van der Waals surface area contributed by atoms with E-state index in [0.717, 1.165) is 16.8 Å². The van der Waals surface area contributed by atoms with E-state index in [1.807, 2.05) is 13.8 Å². The summed E-state index contributed by atoms with van der Waals surface area (Å²) in [7, 11) is -2.26. The zero-order chi connectivity index (χ0) is 15.6. The van der Waals surface area contributed by atoms with Crippen molar-refractivity contribution in [2.45, 2.75) is 25.7 Å². The van der Waals surface area contributed by atoms with Crippen LogP contribution in [-0.2, 0) is 10.0 Å². The number of hydrogen-bond donors (Lipinski definition) is 1. The van der Waals surface area contributed by atoms with E-state index in [1.54, 1.807) is 37.4 Å². The molecule has 6 heteroatoms. The van der Waals surface area contributed by atoms with Gasteiger partial charge < -0.3 is 4.74 Å². The molecule has 112 valence electrons. The topological polar surface area (TPSA) is 68.3 Å². The van der Waals surface area contributed by atoms with Crippen LogP contribution in [0.15, 0.2) is 35.4 Å². The molecule has 2 aromatic rings. The van der Waals surface area contributed by atoms with E-state index in [-0.39, 0.29) is 4.90 Å². The number of pyridine rings is 1. The summed E-state index contributed by atoms with van der Waals surface area (Å²) >= 11 is 0. The minimum Gasteiger partial charge on any atom is -0.495 e. The number of rotatable bonds is 4. The molecule has 1 heterocycles. The minimum absolute atomic E-state index is 0.127. The molecule has 21 heavy (non-hydrogen) atoms. The van der Waals surface area contributed by atoms with Crippen molar-refractivity contribution in [2.24, 2.45) is 0 Å². The van der Waals surface area contributed by atoms with Gasteiger partial charge in [0.2, 0.25) is 0 Å². The van der Waals surface area contributed by atoms with Crippen molar-refractivity contribution in [3.63, 3.8) is 0 Å². The number of ether oxygens (including phenoxy) is 1. The molecule has 0 saturated heterocycles. The maximum absolute atomic E-state index is 12.5. The molecule has 0 bridgehead atoms. The monoisotopic (exact) mass is 306 g/mol. The van der Waals surface area contributed by atoms with Crippen LogP contribution in [0.5, 0.6) is 5.75 Å². The van der Waals surface area contributed by atoms with Crippen molar-refractivity contribution in [1.82, 2.24) is 4.98 Å². The largest absolute Gasteiger partial charge is 0.495 e. The molecule has 0 amide bonds.